The third-order valence-electron chi connectivity index (χ3n) is 3.38. The highest BCUT2D eigenvalue weighted by Gasteiger charge is 2.34. The van der Waals surface area contributed by atoms with E-state index in [9.17, 15) is 13.2 Å². The van der Waals surface area contributed by atoms with Gasteiger partial charge in [0, 0.05) is 0 Å². The molecule has 15 heavy (non-hydrogen) atoms. The molecular formula is C10H18O4S. The predicted molar refractivity (Wildman–Crippen MR) is 57.4 cm³/mol. The topological polar surface area (TPSA) is 71.4 Å². The molecule has 0 bridgehead atoms. The van der Waals surface area contributed by atoms with E-state index in [0.717, 1.165) is 6.42 Å². The molecule has 0 aromatic carbocycles. The van der Waals surface area contributed by atoms with E-state index in [1.54, 1.807) is 0 Å². The Labute approximate surface area is 90.6 Å². The highest BCUT2D eigenvalue weighted by molar-refractivity contribution is 7.92. The lowest BCUT2D eigenvalue weighted by Crippen LogP contribution is -2.34. The number of aliphatic carboxylic acids is 1. The zero-order valence-electron chi connectivity index (χ0n) is 9.14. The summed E-state index contributed by atoms with van der Waals surface area (Å²) in [5.74, 6) is -1.06. The summed E-state index contributed by atoms with van der Waals surface area (Å²) < 4.78 is 23.3. The van der Waals surface area contributed by atoms with Crippen molar-refractivity contribution in [1.82, 2.24) is 0 Å². The van der Waals surface area contributed by atoms with Crippen molar-refractivity contribution in [1.29, 1.82) is 0 Å². The second kappa shape index (κ2) is 4.51. The summed E-state index contributed by atoms with van der Waals surface area (Å²) in [6.45, 7) is 4.15. The summed E-state index contributed by atoms with van der Waals surface area (Å²) in [5.41, 5.74) is 0. The van der Waals surface area contributed by atoms with Crippen LogP contribution >= 0.6 is 0 Å². The first-order valence-corrected chi connectivity index (χ1v) is 6.98. The second-order valence-corrected chi connectivity index (χ2v) is 6.87. The molecule has 0 saturated heterocycles. The third kappa shape index (κ3) is 3.19. The Morgan fingerprint density at radius 3 is 2.33 bits per heavy atom. The van der Waals surface area contributed by atoms with Gasteiger partial charge in [-0.1, -0.05) is 13.8 Å². The quantitative estimate of drug-likeness (QED) is 0.799. The van der Waals surface area contributed by atoms with Crippen LogP contribution in [0, 0.1) is 11.8 Å². The number of hydrogen-bond donors (Lipinski definition) is 1. The smallest absolute Gasteiger partial charge is 0.318 e. The van der Waals surface area contributed by atoms with E-state index in [0.29, 0.717) is 24.7 Å². The van der Waals surface area contributed by atoms with Gasteiger partial charge in [0.15, 0.2) is 9.84 Å². The molecule has 5 heteroatoms. The lowest BCUT2D eigenvalue weighted by molar-refractivity contribution is -0.134. The first-order valence-electron chi connectivity index (χ1n) is 5.26. The molecule has 3 unspecified atom stereocenters. The largest absolute Gasteiger partial charge is 0.480 e. The number of carboxylic acid groups (broad SMARTS) is 1. The number of sulfone groups is 1. The molecule has 1 N–H and O–H groups in total. The van der Waals surface area contributed by atoms with E-state index in [1.165, 1.54) is 0 Å². The van der Waals surface area contributed by atoms with E-state index in [-0.39, 0.29) is 0 Å². The van der Waals surface area contributed by atoms with Gasteiger partial charge in [-0.05, 0) is 31.1 Å². The minimum Gasteiger partial charge on any atom is -0.480 e. The van der Waals surface area contributed by atoms with Crippen LogP contribution in [0.3, 0.4) is 0 Å². The molecule has 1 saturated carbocycles. The van der Waals surface area contributed by atoms with E-state index < -0.39 is 26.8 Å². The van der Waals surface area contributed by atoms with E-state index >= 15 is 0 Å². The van der Waals surface area contributed by atoms with Crippen molar-refractivity contribution >= 4 is 15.8 Å². The van der Waals surface area contributed by atoms with E-state index in [2.05, 4.69) is 6.92 Å². The Morgan fingerprint density at radius 1 is 1.27 bits per heavy atom. The molecule has 0 spiro atoms. The molecule has 0 radical (unpaired) electrons. The highest BCUT2D eigenvalue weighted by atomic mass is 32.2. The highest BCUT2D eigenvalue weighted by Crippen LogP contribution is 2.33. The SMILES string of the molecule is CC1CCC(S(=O)(=O)CC(=O)O)CC1C. The Kier molecular flexibility index (Phi) is 3.76. The molecule has 0 heterocycles. The number of rotatable bonds is 3. The Hall–Kier alpha value is -0.580. The molecule has 1 aliphatic carbocycles. The van der Waals surface area contributed by atoms with Crippen LogP contribution < -0.4 is 0 Å². The Morgan fingerprint density at radius 2 is 1.87 bits per heavy atom. The van der Waals surface area contributed by atoms with Crippen LogP contribution in [0.15, 0.2) is 0 Å². The van der Waals surface area contributed by atoms with E-state index in [4.69, 9.17) is 5.11 Å². The van der Waals surface area contributed by atoms with Crippen molar-refractivity contribution in [2.45, 2.75) is 38.4 Å². The summed E-state index contributed by atoms with van der Waals surface area (Å²) in [5, 5.41) is 8.07. The molecule has 88 valence electrons. The van der Waals surface area contributed by atoms with Crippen molar-refractivity contribution in [3.8, 4) is 0 Å². The molecule has 1 rings (SSSR count). The average molecular weight is 234 g/mol. The third-order valence-corrected chi connectivity index (χ3v) is 5.48. The summed E-state index contributed by atoms with van der Waals surface area (Å²) in [4.78, 5) is 10.4. The normalized spacial score (nSPS) is 32.5. The minimum atomic E-state index is -3.44. The van der Waals surface area contributed by atoms with Gasteiger partial charge in [-0.3, -0.25) is 4.79 Å². The van der Waals surface area contributed by atoms with Crippen LogP contribution in [0.4, 0.5) is 0 Å². The molecule has 0 aromatic heterocycles. The van der Waals surface area contributed by atoms with Gasteiger partial charge in [-0.25, -0.2) is 8.42 Å². The fourth-order valence-corrected chi connectivity index (χ4v) is 3.79. The molecule has 1 aliphatic rings. The molecule has 0 aliphatic heterocycles. The maximum Gasteiger partial charge on any atom is 0.318 e. The lowest BCUT2D eigenvalue weighted by atomic mass is 9.81. The summed E-state index contributed by atoms with van der Waals surface area (Å²) in [6, 6.07) is 0. The van der Waals surface area contributed by atoms with Crippen molar-refractivity contribution in [3.05, 3.63) is 0 Å². The van der Waals surface area contributed by atoms with Crippen molar-refractivity contribution < 1.29 is 18.3 Å². The molecular weight excluding hydrogens is 216 g/mol. The van der Waals surface area contributed by atoms with Gasteiger partial charge in [-0.15, -0.1) is 0 Å². The standard InChI is InChI=1S/C10H18O4S/c1-7-3-4-9(5-8(7)2)15(13,14)6-10(11)12/h7-9H,3-6H2,1-2H3,(H,11,12). The average Bonchev–Trinajstić information content (AvgIpc) is 2.07. The van der Waals surface area contributed by atoms with Gasteiger partial charge in [0.25, 0.3) is 0 Å². The lowest BCUT2D eigenvalue weighted by Gasteiger charge is -2.31. The summed E-state index contributed by atoms with van der Waals surface area (Å²) in [6.07, 6.45) is 2.10. The van der Waals surface area contributed by atoms with Gasteiger partial charge in [-0.2, -0.15) is 0 Å². The number of carbonyl (C=O) groups is 1. The van der Waals surface area contributed by atoms with Gasteiger partial charge in [0.05, 0.1) is 5.25 Å². The molecule has 0 amide bonds. The van der Waals surface area contributed by atoms with Crippen LogP contribution in [0.25, 0.3) is 0 Å². The van der Waals surface area contributed by atoms with E-state index in [1.807, 2.05) is 6.92 Å². The molecule has 0 aromatic rings. The number of hydrogen-bond acceptors (Lipinski definition) is 3. The molecule has 3 atom stereocenters. The van der Waals surface area contributed by atoms with Gasteiger partial charge in [0.2, 0.25) is 0 Å². The van der Waals surface area contributed by atoms with Crippen molar-refractivity contribution in [2.24, 2.45) is 11.8 Å². The fourth-order valence-electron chi connectivity index (χ4n) is 2.11. The van der Waals surface area contributed by atoms with Crippen LogP contribution in [-0.4, -0.2) is 30.5 Å². The minimum absolute atomic E-state index is 0.368. The van der Waals surface area contributed by atoms with Crippen molar-refractivity contribution in [3.63, 3.8) is 0 Å². The van der Waals surface area contributed by atoms with Crippen LogP contribution in [-0.2, 0) is 14.6 Å². The number of carboxylic acids is 1. The fraction of sp³-hybridized carbons (Fsp3) is 0.900. The van der Waals surface area contributed by atoms with Gasteiger partial charge in [0.1, 0.15) is 5.75 Å². The maximum atomic E-state index is 11.7. The van der Waals surface area contributed by atoms with Crippen LogP contribution in [0.2, 0.25) is 0 Å². The zero-order valence-corrected chi connectivity index (χ0v) is 9.96. The first-order chi connectivity index (χ1) is 6.83. The predicted octanol–water partition coefficient (Wildman–Crippen LogP) is 1.31. The second-order valence-electron chi connectivity index (χ2n) is 4.59. The Balaban J connectivity index is 2.69. The van der Waals surface area contributed by atoms with Gasteiger partial charge < -0.3 is 5.11 Å². The zero-order chi connectivity index (χ0) is 11.6. The summed E-state index contributed by atoms with van der Waals surface area (Å²) >= 11 is 0. The molecule has 1 fully saturated rings. The van der Waals surface area contributed by atoms with Crippen LogP contribution in [0.1, 0.15) is 33.1 Å². The van der Waals surface area contributed by atoms with Gasteiger partial charge >= 0.3 is 5.97 Å². The van der Waals surface area contributed by atoms with Crippen molar-refractivity contribution in [2.75, 3.05) is 5.75 Å². The Bertz CT molecular complexity index is 333. The molecule has 4 nitrogen and oxygen atoms in total. The first kappa shape index (κ1) is 12.5. The maximum absolute atomic E-state index is 11.7. The monoisotopic (exact) mass is 234 g/mol. The van der Waals surface area contributed by atoms with Crippen LogP contribution in [0.5, 0.6) is 0 Å². The summed E-state index contributed by atoms with van der Waals surface area (Å²) in [7, 11) is -3.44.